The van der Waals surface area contributed by atoms with Crippen molar-refractivity contribution in [1.82, 2.24) is 4.31 Å². The van der Waals surface area contributed by atoms with Gasteiger partial charge in [-0.1, -0.05) is 12.1 Å². The number of benzene rings is 1. The largest absolute Gasteiger partial charge is 0.378 e. The third kappa shape index (κ3) is 2.25. The fraction of sp³-hybridized carbons (Fsp3) is 0.417. The summed E-state index contributed by atoms with van der Waals surface area (Å²) in [5, 5.41) is 8.99. The highest BCUT2D eigenvalue weighted by molar-refractivity contribution is 7.89. The maximum Gasteiger partial charge on any atom is 0.244 e. The number of ether oxygens (including phenoxy) is 1. The predicted molar refractivity (Wildman–Crippen MR) is 65.3 cm³/mol. The van der Waals surface area contributed by atoms with Gasteiger partial charge in [0.25, 0.3) is 0 Å². The van der Waals surface area contributed by atoms with E-state index in [1.807, 2.05) is 6.07 Å². The minimum absolute atomic E-state index is 0.0706. The van der Waals surface area contributed by atoms with E-state index < -0.39 is 10.0 Å². The van der Waals surface area contributed by atoms with E-state index in [2.05, 4.69) is 0 Å². The molecule has 0 aliphatic carbocycles. The quantitative estimate of drug-likeness (QED) is 0.799. The zero-order chi connectivity index (χ0) is 13.2. The minimum atomic E-state index is -3.62. The van der Waals surface area contributed by atoms with Crippen LogP contribution in [0.2, 0.25) is 0 Å². The summed E-state index contributed by atoms with van der Waals surface area (Å²) >= 11 is 0. The van der Waals surface area contributed by atoms with E-state index in [4.69, 9.17) is 10.00 Å². The fourth-order valence-corrected chi connectivity index (χ4v) is 3.72. The van der Waals surface area contributed by atoms with Gasteiger partial charge in [-0.15, -0.1) is 0 Å². The molecule has 1 saturated heterocycles. The third-order valence-corrected chi connectivity index (χ3v) is 4.97. The molecule has 1 aliphatic rings. The highest BCUT2D eigenvalue weighted by Crippen LogP contribution is 2.23. The molecule has 0 unspecified atom stereocenters. The summed E-state index contributed by atoms with van der Waals surface area (Å²) in [6.07, 6.45) is 0. The smallest absolute Gasteiger partial charge is 0.244 e. The second kappa shape index (κ2) is 5.06. The van der Waals surface area contributed by atoms with Crippen LogP contribution in [-0.4, -0.2) is 38.5 Å². The van der Waals surface area contributed by atoms with Crippen molar-refractivity contribution in [3.8, 4) is 6.07 Å². The van der Waals surface area contributed by atoms with E-state index in [0.717, 1.165) is 0 Å². The van der Waals surface area contributed by atoms with Crippen molar-refractivity contribution in [3.63, 3.8) is 0 Å². The van der Waals surface area contributed by atoms with Gasteiger partial charge >= 0.3 is 0 Å². The molecular weight excluding hydrogens is 252 g/mol. The molecule has 6 heteroatoms. The molecule has 0 spiro atoms. The Morgan fingerprint density at radius 1 is 1.44 bits per heavy atom. The molecule has 1 heterocycles. The number of sulfonamides is 1. The van der Waals surface area contributed by atoms with Crippen LogP contribution in [0.5, 0.6) is 0 Å². The summed E-state index contributed by atoms with van der Waals surface area (Å²) in [5.41, 5.74) is 0.177. The average molecular weight is 266 g/mol. The maximum atomic E-state index is 12.5. The SMILES string of the molecule is C[C@@H]1COCCN1S(=O)(=O)c1ccccc1C#N. The van der Waals surface area contributed by atoms with Gasteiger partial charge in [0.05, 0.1) is 23.7 Å². The summed E-state index contributed by atoms with van der Waals surface area (Å²) in [4.78, 5) is 0.0706. The first-order valence-electron chi connectivity index (χ1n) is 5.66. The molecule has 1 aromatic rings. The van der Waals surface area contributed by atoms with Gasteiger partial charge in [-0.2, -0.15) is 9.57 Å². The van der Waals surface area contributed by atoms with Crippen molar-refractivity contribution in [2.24, 2.45) is 0 Å². The summed E-state index contributed by atoms with van der Waals surface area (Å²) in [7, 11) is -3.62. The molecule has 0 N–H and O–H groups in total. The summed E-state index contributed by atoms with van der Waals surface area (Å²) in [6.45, 7) is 2.89. The lowest BCUT2D eigenvalue weighted by Gasteiger charge is -2.32. The average Bonchev–Trinajstić information content (AvgIpc) is 2.39. The topological polar surface area (TPSA) is 70.4 Å². The van der Waals surface area contributed by atoms with Crippen LogP contribution in [0, 0.1) is 11.3 Å². The lowest BCUT2D eigenvalue weighted by Crippen LogP contribution is -2.47. The zero-order valence-corrected chi connectivity index (χ0v) is 10.9. The van der Waals surface area contributed by atoms with Gasteiger partial charge in [0.2, 0.25) is 10.0 Å². The van der Waals surface area contributed by atoms with Crippen molar-refractivity contribution < 1.29 is 13.2 Å². The standard InChI is InChI=1S/C12H14N2O3S/c1-10-9-17-7-6-14(10)18(15,16)12-5-3-2-4-11(12)8-13/h2-5,10H,6-7,9H2,1H3/t10-/m1/s1. The van der Waals surface area contributed by atoms with Gasteiger partial charge < -0.3 is 4.74 Å². The first kappa shape index (κ1) is 13.0. The maximum absolute atomic E-state index is 12.5. The molecule has 1 atom stereocenters. The number of rotatable bonds is 2. The van der Waals surface area contributed by atoms with Crippen LogP contribution in [0.25, 0.3) is 0 Å². The molecule has 1 aromatic carbocycles. The summed E-state index contributed by atoms with van der Waals surface area (Å²) in [5.74, 6) is 0. The Morgan fingerprint density at radius 2 is 2.17 bits per heavy atom. The van der Waals surface area contributed by atoms with Crippen molar-refractivity contribution in [3.05, 3.63) is 29.8 Å². The van der Waals surface area contributed by atoms with Gasteiger partial charge in [-0.25, -0.2) is 8.42 Å². The molecule has 2 rings (SSSR count). The lowest BCUT2D eigenvalue weighted by molar-refractivity contribution is 0.0392. The van der Waals surface area contributed by atoms with E-state index in [1.54, 1.807) is 19.1 Å². The lowest BCUT2D eigenvalue weighted by atomic mass is 10.2. The molecule has 5 nitrogen and oxygen atoms in total. The van der Waals surface area contributed by atoms with Crippen LogP contribution in [0.15, 0.2) is 29.2 Å². The molecule has 0 aromatic heterocycles. The van der Waals surface area contributed by atoms with Crippen LogP contribution in [0.4, 0.5) is 0 Å². The molecule has 0 radical (unpaired) electrons. The Balaban J connectivity index is 2.45. The number of hydrogen-bond donors (Lipinski definition) is 0. The number of morpholine rings is 1. The molecule has 96 valence electrons. The van der Waals surface area contributed by atoms with E-state index in [0.29, 0.717) is 19.8 Å². The van der Waals surface area contributed by atoms with E-state index in [9.17, 15) is 8.42 Å². The predicted octanol–water partition coefficient (Wildman–Crippen LogP) is 0.968. The van der Waals surface area contributed by atoms with Gasteiger partial charge in [-0.05, 0) is 19.1 Å². The summed E-state index contributed by atoms with van der Waals surface area (Å²) in [6, 6.07) is 7.96. The molecule has 1 fully saturated rings. The number of hydrogen-bond acceptors (Lipinski definition) is 4. The van der Waals surface area contributed by atoms with Crippen LogP contribution in [-0.2, 0) is 14.8 Å². The van der Waals surface area contributed by atoms with Crippen molar-refractivity contribution in [2.45, 2.75) is 17.9 Å². The Hall–Kier alpha value is -1.42. The highest BCUT2D eigenvalue weighted by atomic mass is 32.2. The van der Waals surface area contributed by atoms with E-state index in [-0.39, 0.29) is 16.5 Å². The molecule has 18 heavy (non-hydrogen) atoms. The Kier molecular flexibility index (Phi) is 3.66. The fourth-order valence-electron chi connectivity index (χ4n) is 1.98. The Morgan fingerprint density at radius 3 is 2.83 bits per heavy atom. The van der Waals surface area contributed by atoms with Crippen LogP contribution in [0.1, 0.15) is 12.5 Å². The van der Waals surface area contributed by atoms with Crippen molar-refractivity contribution in [1.29, 1.82) is 5.26 Å². The number of nitrogens with zero attached hydrogens (tertiary/aromatic N) is 2. The highest BCUT2D eigenvalue weighted by Gasteiger charge is 2.32. The second-order valence-corrected chi connectivity index (χ2v) is 6.01. The van der Waals surface area contributed by atoms with E-state index >= 15 is 0 Å². The van der Waals surface area contributed by atoms with Crippen molar-refractivity contribution in [2.75, 3.05) is 19.8 Å². The first-order chi connectivity index (χ1) is 8.57. The number of nitriles is 1. The molecule has 1 aliphatic heterocycles. The Labute approximate surface area is 107 Å². The Bertz CT molecular complexity index is 577. The minimum Gasteiger partial charge on any atom is -0.378 e. The van der Waals surface area contributed by atoms with Crippen LogP contribution < -0.4 is 0 Å². The van der Waals surface area contributed by atoms with Crippen LogP contribution in [0.3, 0.4) is 0 Å². The van der Waals surface area contributed by atoms with Gasteiger partial charge in [0.1, 0.15) is 6.07 Å². The van der Waals surface area contributed by atoms with Crippen LogP contribution >= 0.6 is 0 Å². The second-order valence-electron chi connectivity index (χ2n) is 4.15. The molecular formula is C12H14N2O3S. The monoisotopic (exact) mass is 266 g/mol. The van der Waals surface area contributed by atoms with Gasteiger partial charge in [0, 0.05) is 12.6 Å². The van der Waals surface area contributed by atoms with Gasteiger partial charge in [0.15, 0.2) is 0 Å². The van der Waals surface area contributed by atoms with E-state index in [1.165, 1.54) is 16.4 Å². The molecule has 0 saturated carbocycles. The summed E-state index contributed by atoms with van der Waals surface area (Å²) < 4.78 is 31.6. The third-order valence-electron chi connectivity index (χ3n) is 2.90. The van der Waals surface area contributed by atoms with Crippen molar-refractivity contribution >= 4 is 10.0 Å². The first-order valence-corrected chi connectivity index (χ1v) is 7.10. The zero-order valence-electron chi connectivity index (χ0n) is 10.0. The molecule has 0 amide bonds. The van der Waals surface area contributed by atoms with Gasteiger partial charge in [-0.3, -0.25) is 0 Å². The molecule has 0 bridgehead atoms. The normalized spacial score (nSPS) is 21.4.